The number of rotatable bonds is 9. The fourth-order valence-electron chi connectivity index (χ4n) is 1.28. The van der Waals surface area contributed by atoms with Crippen molar-refractivity contribution >= 4 is 21.7 Å². The van der Waals surface area contributed by atoms with Gasteiger partial charge in [-0.1, -0.05) is 26.7 Å². The predicted molar refractivity (Wildman–Crippen MR) is 69.4 cm³/mol. The molecule has 100 valence electrons. The summed E-state index contributed by atoms with van der Waals surface area (Å²) in [4.78, 5) is 8.30. The Balaban J connectivity index is 4.40. The number of alkyl halides is 3. The zero-order valence-electron chi connectivity index (χ0n) is 10.4. The Morgan fingerprint density at radius 3 is 2.41 bits per heavy atom. The van der Waals surface area contributed by atoms with Crippen LogP contribution in [0.2, 0.25) is 0 Å². The van der Waals surface area contributed by atoms with E-state index in [2.05, 4.69) is 21.2 Å². The van der Waals surface area contributed by atoms with Gasteiger partial charge in [0.25, 0.3) is 0 Å². The third-order valence-electron chi connectivity index (χ3n) is 2.20. The first-order valence-corrected chi connectivity index (χ1v) is 6.76. The maximum atomic E-state index is 13.1. The summed E-state index contributed by atoms with van der Waals surface area (Å²) >= 11 is 2.27. The summed E-state index contributed by atoms with van der Waals surface area (Å²) in [7, 11) is 0. The Bertz CT molecular complexity index is 262. The van der Waals surface area contributed by atoms with E-state index in [1.807, 2.05) is 13.8 Å². The van der Waals surface area contributed by atoms with E-state index in [4.69, 9.17) is 0 Å². The van der Waals surface area contributed by atoms with E-state index in [-0.39, 0.29) is 11.5 Å². The molecule has 0 amide bonds. The highest BCUT2D eigenvalue weighted by Crippen LogP contribution is 2.29. The quantitative estimate of drug-likeness (QED) is 0.396. The van der Waals surface area contributed by atoms with Crippen molar-refractivity contribution in [3.63, 3.8) is 0 Å². The number of hydrogen-bond acceptors (Lipinski definition) is 2. The molecule has 0 aromatic rings. The van der Waals surface area contributed by atoms with Gasteiger partial charge in [0.2, 0.25) is 0 Å². The van der Waals surface area contributed by atoms with Crippen LogP contribution < -0.4 is 5.32 Å². The van der Waals surface area contributed by atoms with Crippen LogP contribution in [0.1, 0.15) is 46.0 Å². The number of carbonyl (C=O) groups excluding carboxylic acids is 1. The molecule has 0 aromatic carbocycles. The largest absolute Gasteiger partial charge is 0.383 e. The lowest BCUT2D eigenvalue weighted by Crippen LogP contribution is -2.26. The van der Waals surface area contributed by atoms with Crippen LogP contribution >= 0.6 is 15.9 Å². The summed E-state index contributed by atoms with van der Waals surface area (Å²) in [5.41, 5.74) is -0.346. The molecule has 0 bridgehead atoms. The fraction of sp³-hybridized carbons (Fsp3) is 0.750. The topological polar surface area (TPSA) is 29.1 Å². The van der Waals surface area contributed by atoms with Gasteiger partial charge in [0.1, 0.15) is 0 Å². The van der Waals surface area contributed by atoms with Crippen LogP contribution in [0.15, 0.2) is 11.8 Å². The van der Waals surface area contributed by atoms with Gasteiger partial charge >= 0.3 is 4.83 Å². The summed E-state index contributed by atoms with van der Waals surface area (Å²) in [6.45, 7) is 4.33. The lowest BCUT2D eigenvalue weighted by atomic mass is 10.1. The predicted octanol–water partition coefficient (Wildman–Crippen LogP) is 4.01. The van der Waals surface area contributed by atoms with Crippen molar-refractivity contribution in [1.82, 2.24) is 5.32 Å². The average molecular weight is 312 g/mol. The van der Waals surface area contributed by atoms with Crippen molar-refractivity contribution in [1.29, 1.82) is 0 Å². The minimum absolute atomic E-state index is 0.254. The molecule has 0 saturated carbocycles. The van der Waals surface area contributed by atoms with Gasteiger partial charge < -0.3 is 5.32 Å². The Hall–Kier alpha value is -0.450. The molecule has 1 N–H and O–H groups in total. The molecule has 0 spiro atoms. The van der Waals surface area contributed by atoms with E-state index in [0.717, 1.165) is 31.8 Å². The maximum Gasteiger partial charge on any atom is 0.340 e. The molecule has 17 heavy (non-hydrogen) atoms. The van der Waals surface area contributed by atoms with Crippen molar-refractivity contribution in [3.8, 4) is 0 Å². The van der Waals surface area contributed by atoms with Gasteiger partial charge in [0.15, 0.2) is 5.78 Å². The van der Waals surface area contributed by atoms with Crippen molar-refractivity contribution in [3.05, 3.63) is 11.8 Å². The summed E-state index contributed by atoms with van der Waals surface area (Å²) in [5, 5.41) is 2.57. The standard InChI is InChI=1S/C12H20BrF2NO/c1-3-5-6-7-10(17)9-11(12(13,14)15)16-8-4-2/h9,16H,3-8H2,1-2H3/b11-9-. The SMILES string of the molecule is CCCCCC(=O)/C=C(\NCCC)C(F)(F)Br. The lowest BCUT2D eigenvalue weighted by molar-refractivity contribution is -0.114. The second-order valence-corrected chi connectivity index (χ2v) is 4.90. The van der Waals surface area contributed by atoms with Gasteiger partial charge in [0, 0.05) is 19.0 Å². The normalized spacial score (nSPS) is 12.6. The van der Waals surface area contributed by atoms with Crippen molar-refractivity contribution < 1.29 is 13.6 Å². The summed E-state index contributed by atoms with van der Waals surface area (Å²) in [5.74, 6) is -0.254. The van der Waals surface area contributed by atoms with Crippen molar-refractivity contribution in [2.24, 2.45) is 0 Å². The van der Waals surface area contributed by atoms with E-state index < -0.39 is 4.83 Å². The smallest absolute Gasteiger partial charge is 0.340 e. The third-order valence-corrected chi connectivity index (χ3v) is 2.63. The number of hydrogen-bond donors (Lipinski definition) is 1. The van der Waals surface area contributed by atoms with E-state index in [1.54, 1.807) is 0 Å². The minimum atomic E-state index is -3.16. The molecule has 0 aliphatic rings. The molecule has 2 nitrogen and oxygen atoms in total. The number of allylic oxidation sites excluding steroid dienone is 2. The number of ketones is 1. The lowest BCUT2D eigenvalue weighted by Gasteiger charge is -2.15. The van der Waals surface area contributed by atoms with Crippen molar-refractivity contribution in [2.75, 3.05) is 6.54 Å². The van der Waals surface area contributed by atoms with Gasteiger partial charge in [-0.05, 0) is 28.8 Å². The van der Waals surface area contributed by atoms with E-state index >= 15 is 0 Å². The van der Waals surface area contributed by atoms with Gasteiger partial charge in [-0.25, -0.2) is 0 Å². The van der Waals surface area contributed by atoms with Crippen LogP contribution in [0.5, 0.6) is 0 Å². The second-order valence-electron chi connectivity index (χ2n) is 3.91. The molecule has 5 heteroatoms. The maximum absolute atomic E-state index is 13.1. The van der Waals surface area contributed by atoms with Crippen LogP contribution in [-0.4, -0.2) is 17.2 Å². The van der Waals surface area contributed by atoms with Crippen molar-refractivity contribution in [2.45, 2.75) is 50.8 Å². The van der Waals surface area contributed by atoms with Crippen LogP contribution in [0.3, 0.4) is 0 Å². The van der Waals surface area contributed by atoms with E-state index in [9.17, 15) is 13.6 Å². The zero-order valence-corrected chi connectivity index (χ0v) is 11.9. The van der Waals surface area contributed by atoms with Crippen LogP contribution in [0.25, 0.3) is 0 Å². The Morgan fingerprint density at radius 2 is 1.94 bits per heavy atom. The van der Waals surface area contributed by atoms with Gasteiger partial charge in [0.05, 0.1) is 5.70 Å². The van der Waals surface area contributed by atoms with Crippen LogP contribution in [-0.2, 0) is 4.79 Å². The third kappa shape index (κ3) is 8.30. The molecule has 0 aliphatic heterocycles. The Kier molecular flexibility index (Phi) is 8.39. The van der Waals surface area contributed by atoms with Gasteiger partial charge in [-0.15, -0.1) is 0 Å². The monoisotopic (exact) mass is 311 g/mol. The molecule has 0 atom stereocenters. The van der Waals surface area contributed by atoms with Gasteiger partial charge in [-0.3, -0.25) is 4.79 Å². The number of nitrogens with one attached hydrogen (secondary N) is 1. The molecular weight excluding hydrogens is 292 g/mol. The first kappa shape index (κ1) is 16.6. The Morgan fingerprint density at radius 1 is 1.29 bits per heavy atom. The number of halogens is 3. The molecule has 0 fully saturated rings. The number of unbranched alkanes of at least 4 members (excludes halogenated alkanes) is 2. The zero-order chi connectivity index (χ0) is 13.3. The molecular formula is C12H20BrF2NO. The van der Waals surface area contributed by atoms with Crippen LogP contribution in [0.4, 0.5) is 8.78 Å². The second kappa shape index (κ2) is 8.61. The summed E-state index contributed by atoms with van der Waals surface area (Å²) < 4.78 is 26.2. The first-order chi connectivity index (χ1) is 7.91. The Labute approximate surface area is 110 Å². The molecule has 0 saturated heterocycles. The summed E-state index contributed by atoms with van der Waals surface area (Å²) in [6, 6.07) is 0. The van der Waals surface area contributed by atoms with Crippen LogP contribution in [0, 0.1) is 0 Å². The highest BCUT2D eigenvalue weighted by Gasteiger charge is 2.30. The fourth-order valence-corrected chi connectivity index (χ4v) is 1.53. The first-order valence-electron chi connectivity index (χ1n) is 5.97. The average Bonchev–Trinajstić information content (AvgIpc) is 2.23. The highest BCUT2D eigenvalue weighted by atomic mass is 79.9. The van der Waals surface area contributed by atoms with E-state index in [0.29, 0.717) is 13.0 Å². The highest BCUT2D eigenvalue weighted by molar-refractivity contribution is 9.10. The van der Waals surface area contributed by atoms with Gasteiger partial charge in [-0.2, -0.15) is 8.78 Å². The molecule has 0 aromatic heterocycles. The molecule has 0 rings (SSSR count). The minimum Gasteiger partial charge on any atom is -0.383 e. The summed E-state index contributed by atoms with van der Waals surface area (Å²) in [6.07, 6.45) is 4.77. The number of carbonyl (C=O) groups is 1. The molecule has 0 heterocycles. The molecule has 0 aliphatic carbocycles. The van der Waals surface area contributed by atoms with E-state index in [1.165, 1.54) is 0 Å². The molecule has 0 radical (unpaired) electrons. The molecule has 0 unspecified atom stereocenters.